The van der Waals surface area contributed by atoms with Crippen LogP contribution in [0.15, 0.2) is 52.0 Å². The Labute approximate surface area is 156 Å². The first-order chi connectivity index (χ1) is 11.9. The predicted octanol–water partition coefficient (Wildman–Crippen LogP) is 4.40. The van der Waals surface area contributed by atoms with E-state index in [0.29, 0.717) is 17.0 Å². The van der Waals surface area contributed by atoms with Gasteiger partial charge in [-0.05, 0) is 68.8 Å². The molecule has 0 aliphatic heterocycles. The molecule has 0 spiro atoms. The van der Waals surface area contributed by atoms with Crippen LogP contribution in [0.2, 0.25) is 0 Å². The van der Waals surface area contributed by atoms with Crippen LogP contribution in [-0.4, -0.2) is 24.8 Å². The second kappa shape index (κ2) is 8.67. The van der Waals surface area contributed by atoms with E-state index in [2.05, 4.69) is 26.5 Å². The second-order valence-corrected chi connectivity index (χ2v) is 6.59. The van der Waals surface area contributed by atoms with E-state index in [1.807, 2.05) is 51.1 Å². The van der Waals surface area contributed by atoms with Gasteiger partial charge in [0.15, 0.2) is 0 Å². The van der Waals surface area contributed by atoms with Crippen molar-refractivity contribution in [2.24, 2.45) is 5.10 Å². The van der Waals surface area contributed by atoms with E-state index < -0.39 is 0 Å². The van der Waals surface area contributed by atoms with E-state index in [1.54, 1.807) is 19.2 Å². The molecule has 2 rings (SSSR count). The Morgan fingerprint density at radius 1 is 1.16 bits per heavy atom. The number of ether oxygens (including phenoxy) is 2. The molecule has 0 bridgehead atoms. The van der Waals surface area contributed by atoms with Crippen molar-refractivity contribution in [2.45, 2.75) is 26.9 Å². The van der Waals surface area contributed by atoms with Gasteiger partial charge in [0.05, 0.1) is 24.5 Å². The first-order valence-electron chi connectivity index (χ1n) is 7.86. The van der Waals surface area contributed by atoms with E-state index >= 15 is 0 Å². The molecule has 0 aliphatic carbocycles. The highest BCUT2D eigenvalue weighted by Crippen LogP contribution is 2.24. The van der Waals surface area contributed by atoms with E-state index in [9.17, 15) is 4.79 Å². The van der Waals surface area contributed by atoms with E-state index in [1.165, 1.54) is 0 Å². The van der Waals surface area contributed by atoms with E-state index in [0.717, 1.165) is 15.8 Å². The highest BCUT2D eigenvalue weighted by atomic mass is 79.9. The maximum absolute atomic E-state index is 12.5. The highest BCUT2D eigenvalue weighted by Gasteiger charge is 2.14. The Morgan fingerprint density at radius 2 is 1.84 bits per heavy atom. The van der Waals surface area contributed by atoms with Crippen molar-refractivity contribution in [1.29, 1.82) is 0 Å². The van der Waals surface area contributed by atoms with Crippen molar-refractivity contribution >= 4 is 27.5 Å². The third-order valence-corrected chi connectivity index (χ3v) is 3.88. The molecule has 6 heteroatoms. The summed E-state index contributed by atoms with van der Waals surface area (Å²) in [5.74, 6) is 0.961. The van der Waals surface area contributed by atoms with Gasteiger partial charge in [-0.1, -0.05) is 15.9 Å². The number of hydrazone groups is 1. The van der Waals surface area contributed by atoms with Gasteiger partial charge in [-0.15, -0.1) is 0 Å². The van der Waals surface area contributed by atoms with E-state index in [4.69, 9.17) is 9.47 Å². The highest BCUT2D eigenvalue weighted by molar-refractivity contribution is 9.10. The summed E-state index contributed by atoms with van der Waals surface area (Å²) in [6.45, 7) is 5.65. The van der Waals surface area contributed by atoms with Crippen LogP contribution in [0.4, 0.5) is 0 Å². The quantitative estimate of drug-likeness (QED) is 0.573. The number of amides is 1. The monoisotopic (exact) mass is 404 g/mol. The van der Waals surface area contributed by atoms with Crippen LogP contribution in [-0.2, 0) is 0 Å². The minimum Gasteiger partial charge on any atom is -0.497 e. The standard InChI is InChI=1S/C19H21BrN2O3/c1-12(2)25-18-10-7-15(20)11-17(18)19(23)22-21-13(3)14-5-8-16(24-4)9-6-14/h5-12H,1-4H3,(H,22,23). The Balaban J connectivity index is 2.16. The van der Waals surface area contributed by atoms with Crippen LogP contribution >= 0.6 is 15.9 Å². The normalized spacial score (nSPS) is 11.4. The fraction of sp³-hybridized carbons (Fsp3) is 0.263. The molecule has 25 heavy (non-hydrogen) atoms. The first kappa shape index (κ1) is 19.0. The van der Waals surface area contributed by atoms with Crippen LogP contribution in [0.1, 0.15) is 36.7 Å². The Kier molecular flexibility index (Phi) is 6.58. The number of nitrogens with one attached hydrogen (secondary N) is 1. The molecule has 0 atom stereocenters. The average Bonchev–Trinajstić information content (AvgIpc) is 2.60. The minimum absolute atomic E-state index is 0.0303. The molecule has 0 aromatic heterocycles. The van der Waals surface area contributed by atoms with Crippen molar-refractivity contribution in [2.75, 3.05) is 7.11 Å². The van der Waals surface area contributed by atoms with Crippen LogP contribution in [0.25, 0.3) is 0 Å². The molecular weight excluding hydrogens is 384 g/mol. The lowest BCUT2D eigenvalue weighted by Gasteiger charge is -2.13. The van der Waals surface area contributed by atoms with Crippen LogP contribution in [0, 0.1) is 0 Å². The van der Waals surface area contributed by atoms with Gasteiger partial charge in [0, 0.05) is 4.47 Å². The van der Waals surface area contributed by atoms with Crippen LogP contribution < -0.4 is 14.9 Å². The van der Waals surface area contributed by atoms with Gasteiger partial charge in [-0.25, -0.2) is 5.43 Å². The second-order valence-electron chi connectivity index (χ2n) is 5.67. The Hall–Kier alpha value is -2.34. The molecule has 0 heterocycles. The summed E-state index contributed by atoms with van der Waals surface area (Å²) < 4.78 is 11.6. The van der Waals surface area contributed by atoms with Crippen molar-refractivity contribution in [3.63, 3.8) is 0 Å². The van der Waals surface area contributed by atoms with Gasteiger partial charge >= 0.3 is 0 Å². The molecule has 0 aliphatic rings. The van der Waals surface area contributed by atoms with Crippen molar-refractivity contribution < 1.29 is 14.3 Å². The summed E-state index contributed by atoms with van der Waals surface area (Å²) >= 11 is 3.38. The number of benzene rings is 2. The van der Waals surface area contributed by atoms with Crippen molar-refractivity contribution in [3.8, 4) is 11.5 Å². The summed E-state index contributed by atoms with van der Waals surface area (Å²) in [6, 6.07) is 12.8. The smallest absolute Gasteiger partial charge is 0.275 e. The number of methoxy groups -OCH3 is 1. The van der Waals surface area contributed by atoms with Crippen LogP contribution in [0.5, 0.6) is 11.5 Å². The number of rotatable bonds is 6. The molecule has 1 amide bonds. The molecule has 0 fully saturated rings. The fourth-order valence-corrected chi connectivity index (χ4v) is 2.49. The molecule has 5 nitrogen and oxygen atoms in total. The molecule has 0 unspecified atom stereocenters. The minimum atomic E-state index is -0.329. The topological polar surface area (TPSA) is 59.9 Å². The summed E-state index contributed by atoms with van der Waals surface area (Å²) in [7, 11) is 1.62. The lowest BCUT2D eigenvalue weighted by molar-refractivity contribution is 0.0949. The first-order valence-corrected chi connectivity index (χ1v) is 8.65. The fourth-order valence-electron chi connectivity index (χ4n) is 2.13. The zero-order valence-electron chi connectivity index (χ0n) is 14.7. The molecular formula is C19H21BrN2O3. The molecule has 0 radical (unpaired) electrons. The largest absolute Gasteiger partial charge is 0.497 e. The lowest BCUT2D eigenvalue weighted by atomic mass is 10.1. The third-order valence-electron chi connectivity index (χ3n) is 3.38. The maximum atomic E-state index is 12.5. The zero-order valence-corrected chi connectivity index (χ0v) is 16.3. The van der Waals surface area contributed by atoms with Gasteiger partial charge in [0.25, 0.3) is 5.91 Å². The average molecular weight is 405 g/mol. The summed E-state index contributed by atoms with van der Waals surface area (Å²) in [5, 5.41) is 4.18. The van der Waals surface area contributed by atoms with Gasteiger partial charge < -0.3 is 9.47 Å². The molecule has 2 aromatic rings. The predicted molar refractivity (Wildman–Crippen MR) is 103 cm³/mol. The number of nitrogens with zero attached hydrogens (tertiary/aromatic N) is 1. The Bertz CT molecular complexity index is 771. The molecule has 2 aromatic carbocycles. The zero-order chi connectivity index (χ0) is 18.4. The number of carbonyl (C=O) groups excluding carboxylic acids is 1. The maximum Gasteiger partial charge on any atom is 0.275 e. The lowest BCUT2D eigenvalue weighted by Crippen LogP contribution is -2.21. The summed E-state index contributed by atoms with van der Waals surface area (Å²) in [5.41, 5.74) is 4.60. The molecule has 0 saturated carbocycles. The van der Waals surface area contributed by atoms with E-state index in [-0.39, 0.29) is 12.0 Å². The summed E-state index contributed by atoms with van der Waals surface area (Å²) in [6.07, 6.45) is -0.0303. The van der Waals surface area contributed by atoms with Crippen molar-refractivity contribution in [1.82, 2.24) is 5.43 Å². The third kappa shape index (κ3) is 5.32. The number of carbonyl (C=O) groups is 1. The van der Waals surface area contributed by atoms with Gasteiger partial charge in [-0.2, -0.15) is 5.10 Å². The summed E-state index contributed by atoms with van der Waals surface area (Å²) in [4.78, 5) is 12.5. The Morgan fingerprint density at radius 3 is 2.44 bits per heavy atom. The molecule has 1 N–H and O–H groups in total. The van der Waals surface area contributed by atoms with Gasteiger partial charge in [0.2, 0.25) is 0 Å². The number of hydrogen-bond acceptors (Lipinski definition) is 4. The SMILES string of the molecule is COc1ccc(C(C)=NNC(=O)c2cc(Br)ccc2OC(C)C)cc1. The number of halogens is 1. The van der Waals surface area contributed by atoms with Gasteiger partial charge in [0.1, 0.15) is 11.5 Å². The van der Waals surface area contributed by atoms with Gasteiger partial charge in [-0.3, -0.25) is 4.79 Å². The molecule has 0 saturated heterocycles. The van der Waals surface area contributed by atoms with Crippen molar-refractivity contribution in [3.05, 3.63) is 58.1 Å². The number of hydrogen-bond donors (Lipinski definition) is 1. The molecule has 132 valence electrons. The van der Waals surface area contributed by atoms with Crippen LogP contribution in [0.3, 0.4) is 0 Å².